The summed E-state index contributed by atoms with van der Waals surface area (Å²) in [5, 5.41) is 9.12. The van der Waals surface area contributed by atoms with E-state index in [9.17, 15) is 0 Å². The van der Waals surface area contributed by atoms with Crippen molar-refractivity contribution in [2.75, 3.05) is 29.2 Å². The van der Waals surface area contributed by atoms with Crippen LogP contribution in [0.15, 0.2) is 6.07 Å². The van der Waals surface area contributed by atoms with Gasteiger partial charge in [-0.2, -0.15) is 9.97 Å². The van der Waals surface area contributed by atoms with E-state index in [0.717, 1.165) is 31.6 Å². The summed E-state index contributed by atoms with van der Waals surface area (Å²) >= 11 is 0. The van der Waals surface area contributed by atoms with Crippen molar-refractivity contribution in [2.24, 2.45) is 5.84 Å². The van der Waals surface area contributed by atoms with Crippen LogP contribution in [0.1, 0.15) is 25.7 Å². The zero-order chi connectivity index (χ0) is 13.0. The van der Waals surface area contributed by atoms with Crippen LogP contribution in [-0.2, 0) is 0 Å². The summed E-state index contributed by atoms with van der Waals surface area (Å²) in [4.78, 5) is 10.4. The van der Waals surface area contributed by atoms with Crippen LogP contribution in [0.25, 0.3) is 0 Å². The van der Waals surface area contributed by atoms with Gasteiger partial charge in [-0.05, 0) is 25.7 Å². The topological polar surface area (TPSA) is 113 Å². The van der Waals surface area contributed by atoms with Gasteiger partial charge in [0.2, 0.25) is 5.95 Å². The maximum atomic E-state index is 9.12. The maximum absolute atomic E-state index is 9.12. The molecular formula is C11H20N6O. The summed E-state index contributed by atoms with van der Waals surface area (Å²) in [5.41, 5.74) is 8.15. The average molecular weight is 252 g/mol. The monoisotopic (exact) mass is 252 g/mol. The fourth-order valence-corrected chi connectivity index (χ4v) is 2.43. The SMILES string of the molecule is NNc1cc(N2CCCCC2CCO)nc(N)n1. The molecule has 1 aromatic rings. The van der Waals surface area contributed by atoms with Gasteiger partial charge in [0.25, 0.3) is 0 Å². The molecule has 1 aromatic heterocycles. The van der Waals surface area contributed by atoms with Crippen LogP contribution in [-0.4, -0.2) is 34.3 Å². The average Bonchev–Trinajstić information content (AvgIpc) is 2.39. The summed E-state index contributed by atoms with van der Waals surface area (Å²) in [7, 11) is 0. The van der Waals surface area contributed by atoms with Crippen molar-refractivity contribution < 1.29 is 5.11 Å². The van der Waals surface area contributed by atoms with Crippen LogP contribution in [0.4, 0.5) is 17.6 Å². The van der Waals surface area contributed by atoms with Crippen LogP contribution in [0, 0.1) is 0 Å². The number of aliphatic hydroxyl groups is 1. The molecule has 0 radical (unpaired) electrons. The molecule has 1 aliphatic heterocycles. The fourth-order valence-electron chi connectivity index (χ4n) is 2.43. The Morgan fingerprint density at radius 1 is 1.44 bits per heavy atom. The van der Waals surface area contributed by atoms with Gasteiger partial charge in [0.1, 0.15) is 11.6 Å². The van der Waals surface area contributed by atoms with Gasteiger partial charge in [0, 0.05) is 25.3 Å². The molecule has 0 aromatic carbocycles. The molecule has 0 amide bonds. The molecule has 0 saturated carbocycles. The van der Waals surface area contributed by atoms with E-state index in [1.54, 1.807) is 6.07 Å². The number of aliphatic hydroxyl groups excluding tert-OH is 1. The van der Waals surface area contributed by atoms with Crippen LogP contribution in [0.3, 0.4) is 0 Å². The summed E-state index contributed by atoms with van der Waals surface area (Å²) in [5.74, 6) is 6.84. The molecule has 1 fully saturated rings. The van der Waals surface area contributed by atoms with Crippen LogP contribution >= 0.6 is 0 Å². The van der Waals surface area contributed by atoms with Gasteiger partial charge in [-0.3, -0.25) is 0 Å². The number of anilines is 3. The largest absolute Gasteiger partial charge is 0.396 e. The number of nitrogens with one attached hydrogen (secondary N) is 1. The van der Waals surface area contributed by atoms with Crippen molar-refractivity contribution in [2.45, 2.75) is 31.7 Å². The second-order valence-corrected chi connectivity index (χ2v) is 4.47. The minimum absolute atomic E-state index is 0.184. The molecule has 6 N–H and O–H groups in total. The van der Waals surface area contributed by atoms with E-state index < -0.39 is 0 Å². The van der Waals surface area contributed by atoms with Crippen LogP contribution in [0.5, 0.6) is 0 Å². The molecule has 1 atom stereocenters. The van der Waals surface area contributed by atoms with E-state index in [0.29, 0.717) is 11.9 Å². The zero-order valence-electron chi connectivity index (χ0n) is 10.3. The van der Waals surface area contributed by atoms with Crippen molar-refractivity contribution >= 4 is 17.6 Å². The van der Waals surface area contributed by atoms with Gasteiger partial charge < -0.3 is 21.2 Å². The highest BCUT2D eigenvalue weighted by Crippen LogP contribution is 2.26. The van der Waals surface area contributed by atoms with Gasteiger partial charge in [0.15, 0.2) is 0 Å². The molecule has 18 heavy (non-hydrogen) atoms. The fraction of sp³-hybridized carbons (Fsp3) is 0.636. The lowest BCUT2D eigenvalue weighted by Gasteiger charge is -2.36. The Morgan fingerprint density at radius 3 is 3.00 bits per heavy atom. The number of nitrogens with zero attached hydrogens (tertiary/aromatic N) is 3. The molecule has 0 bridgehead atoms. The first kappa shape index (κ1) is 12.8. The Labute approximate surface area is 106 Å². The highest BCUT2D eigenvalue weighted by Gasteiger charge is 2.23. The van der Waals surface area contributed by atoms with Crippen LogP contribution < -0.4 is 21.9 Å². The van der Waals surface area contributed by atoms with Crippen molar-refractivity contribution in [3.63, 3.8) is 0 Å². The normalized spacial score (nSPS) is 19.9. The number of rotatable bonds is 4. The quantitative estimate of drug-likeness (QED) is 0.443. The standard InChI is InChI=1S/C11H20N6O/c12-11-14-9(16-13)7-10(15-11)17-5-2-1-3-8(17)4-6-18/h7-8,18H,1-6,13H2,(H3,12,14,15,16). The Morgan fingerprint density at radius 2 is 2.28 bits per heavy atom. The molecule has 1 saturated heterocycles. The van der Waals surface area contributed by atoms with Gasteiger partial charge >= 0.3 is 0 Å². The van der Waals surface area contributed by atoms with E-state index >= 15 is 0 Å². The Bertz CT molecular complexity index is 397. The van der Waals surface area contributed by atoms with Gasteiger partial charge in [0.05, 0.1) is 0 Å². The minimum Gasteiger partial charge on any atom is -0.396 e. The predicted octanol–water partition coefficient (Wildman–Crippen LogP) is 0.0857. The zero-order valence-corrected chi connectivity index (χ0v) is 10.3. The molecule has 1 unspecified atom stereocenters. The number of hydrazine groups is 1. The molecule has 0 aliphatic carbocycles. The van der Waals surface area contributed by atoms with E-state index in [1.807, 2.05) is 0 Å². The lowest BCUT2D eigenvalue weighted by molar-refractivity contribution is 0.262. The summed E-state index contributed by atoms with van der Waals surface area (Å²) in [6, 6.07) is 2.09. The second kappa shape index (κ2) is 5.83. The Balaban J connectivity index is 2.24. The van der Waals surface area contributed by atoms with Crippen molar-refractivity contribution in [1.29, 1.82) is 0 Å². The number of hydrogen-bond acceptors (Lipinski definition) is 7. The van der Waals surface area contributed by atoms with E-state index in [-0.39, 0.29) is 12.6 Å². The molecule has 2 rings (SSSR count). The smallest absolute Gasteiger partial charge is 0.223 e. The lowest BCUT2D eigenvalue weighted by Crippen LogP contribution is -2.40. The third-order valence-electron chi connectivity index (χ3n) is 3.26. The minimum atomic E-state index is 0.184. The highest BCUT2D eigenvalue weighted by molar-refractivity contribution is 5.52. The summed E-state index contributed by atoms with van der Waals surface area (Å²) in [6.07, 6.45) is 4.12. The Hall–Kier alpha value is -1.60. The maximum Gasteiger partial charge on any atom is 0.223 e. The molecule has 0 spiro atoms. The lowest BCUT2D eigenvalue weighted by atomic mass is 10.00. The second-order valence-electron chi connectivity index (χ2n) is 4.47. The number of aromatic nitrogens is 2. The number of piperidine rings is 1. The van der Waals surface area contributed by atoms with Crippen molar-refractivity contribution in [3.8, 4) is 0 Å². The summed E-state index contributed by atoms with van der Waals surface area (Å²) < 4.78 is 0. The summed E-state index contributed by atoms with van der Waals surface area (Å²) in [6.45, 7) is 1.11. The highest BCUT2D eigenvalue weighted by atomic mass is 16.3. The number of nitrogens with two attached hydrogens (primary N) is 2. The molecular weight excluding hydrogens is 232 g/mol. The van der Waals surface area contributed by atoms with E-state index in [4.69, 9.17) is 16.7 Å². The van der Waals surface area contributed by atoms with E-state index in [2.05, 4.69) is 20.3 Å². The molecule has 7 nitrogen and oxygen atoms in total. The molecule has 100 valence electrons. The first-order valence-corrected chi connectivity index (χ1v) is 6.23. The Kier molecular flexibility index (Phi) is 4.16. The van der Waals surface area contributed by atoms with Gasteiger partial charge in [-0.1, -0.05) is 0 Å². The first-order chi connectivity index (χ1) is 8.74. The number of hydrogen-bond donors (Lipinski definition) is 4. The van der Waals surface area contributed by atoms with Crippen LogP contribution in [0.2, 0.25) is 0 Å². The third-order valence-corrected chi connectivity index (χ3v) is 3.26. The van der Waals surface area contributed by atoms with E-state index in [1.165, 1.54) is 6.42 Å². The molecule has 1 aliphatic rings. The number of nitrogen functional groups attached to an aromatic ring is 2. The van der Waals surface area contributed by atoms with Crippen molar-refractivity contribution in [3.05, 3.63) is 6.07 Å². The van der Waals surface area contributed by atoms with Gasteiger partial charge in [-0.25, -0.2) is 5.84 Å². The first-order valence-electron chi connectivity index (χ1n) is 6.23. The van der Waals surface area contributed by atoms with Crippen molar-refractivity contribution in [1.82, 2.24) is 9.97 Å². The predicted molar refractivity (Wildman–Crippen MR) is 70.9 cm³/mol. The molecule has 2 heterocycles. The van der Waals surface area contributed by atoms with Gasteiger partial charge in [-0.15, -0.1) is 0 Å². The molecule has 7 heteroatoms. The third kappa shape index (κ3) is 2.80.